The summed E-state index contributed by atoms with van der Waals surface area (Å²) in [4.78, 5) is 39.0. The lowest BCUT2D eigenvalue weighted by Crippen LogP contribution is -2.75. The van der Waals surface area contributed by atoms with Crippen molar-refractivity contribution in [2.75, 3.05) is 13.2 Å². The van der Waals surface area contributed by atoms with Gasteiger partial charge in [0.1, 0.15) is 23.3 Å². The number of benzene rings is 1. The van der Waals surface area contributed by atoms with E-state index >= 15 is 0 Å². The Balaban J connectivity index is 1.63. The Hall–Kier alpha value is -0.670. The van der Waals surface area contributed by atoms with Gasteiger partial charge in [-0.05, 0) is 12.5 Å². The molecular weight excluding hydrogens is 527 g/mol. The van der Waals surface area contributed by atoms with E-state index in [0.29, 0.717) is 6.54 Å². The highest BCUT2D eigenvalue weighted by Crippen LogP contribution is 2.47. The number of nitrogens with zero attached hydrogens (tertiary/aromatic N) is 1. The fourth-order valence-corrected chi connectivity index (χ4v) is 5.64. The molecule has 2 aliphatic heterocycles. The molecule has 2 aliphatic rings. The van der Waals surface area contributed by atoms with Gasteiger partial charge in [0, 0.05) is 6.54 Å². The maximum Gasteiger partial charge on any atom is 0.320 e. The van der Waals surface area contributed by atoms with Crippen LogP contribution in [0.1, 0.15) is 12.5 Å². The molecule has 1 N–H and O–H groups in total. The highest BCUT2D eigenvalue weighted by Gasteiger charge is 2.58. The van der Waals surface area contributed by atoms with Crippen LogP contribution in [0, 0.1) is 0 Å². The van der Waals surface area contributed by atoms with Crippen molar-refractivity contribution in [1.29, 1.82) is 0 Å². The summed E-state index contributed by atoms with van der Waals surface area (Å²) >= 11 is 21.7. The van der Waals surface area contributed by atoms with Gasteiger partial charge in [-0.2, -0.15) is 0 Å². The molecule has 3 rings (SSSR count). The fraction of sp³-hybridized carbons (Fsp3) is 0.500. The summed E-state index contributed by atoms with van der Waals surface area (Å²) in [6.45, 7) is 1.72. The van der Waals surface area contributed by atoms with Crippen molar-refractivity contribution in [3.63, 3.8) is 0 Å². The Morgan fingerprint density at radius 1 is 1.34 bits per heavy atom. The summed E-state index contributed by atoms with van der Waals surface area (Å²) in [5.41, 5.74) is 0.853. The summed E-state index contributed by atoms with van der Waals surface area (Å²) in [5.74, 6) is -0.978. The smallest absolute Gasteiger partial charge is 0.320 e. The number of halogens is 4. The van der Waals surface area contributed by atoms with Gasteiger partial charge in [-0.15, -0.1) is 11.8 Å². The predicted octanol–water partition coefficient (Wildman–Crippen LogP) is 3.06. The molecule has 4 atom stereocenters. The third-order valence-electron chi connectivity index (χ3n) is 4.56. The Morgan fingerprint density at radius 3 is 2.62 bits per heavy atom. The Kier molecular flexibility index (Phi) is 7.00. The van der Waals surface area contributed by atoms with Crippen molar-refractivity contribution >= 4 is 80.3 Å². The van der Waals surface area contributed by atoms with Crippen LogP contribution in [0.5, 0.6) is 0 Å². The molecule has 2 heterocycles. The number of hydrogen-bond acceptors (Lipinski definition) is 5. The van der Waals surface area contributed by atoms with Crippen LogP contribution in [0.25, 0.3) is 0 Å². The number of alkyl halides is 4. The molecule has 158 valence electrons. The van der Waals surface area contributed by atoms with Crippen LogP contribution >= 0.6 is 62.5 Å². The number of carbonyl (C=O) groups is 3. The molecule has 0 aliphatic carbocycles. The van der Waals surface area contributed by atoms with Gasteiger partial charge in [0.2, 0.25) is 15.6 Å². The van der Waals surface area contributed by atoms with Gasteiger partial charge >= 0.3 is 5.97 Å². The zero-order valence-corrected chi connectivity index (χ0v) is 19.9. The van der Waals surface area contributed by atoms with Crippen molar-refractivity contribution in [3.05, 3.63) is 35.9 Å². The average molecular weight is 545 g/mol. The van der Waals surface area contributed by atoms with Crippen molar-refractivity contribution in [3.8, 4) is 0 Å². The topological polar surface area (TPSA) is 75.7 Å². The lowest BCUT2D eigenvalue weighted by Gasteiger charge is -2.55. The van der Waals surface area contributed by atoms with Gasteiger partial charge in [-0.3, -0.25) is 14.4 Å². The molecule has 0 spiro atoms. The second kappa shape index (κ2) is 8.83. The molecule has 0 radical (unpaired) electrons. The van der Waals surface area contributed by atoms with Gasteiger partial charge in [0.25, 0.3) is 0 Å². The number of hydrogen-bond donors (Lipinski definition) is 1. The van der Waals surface area contributed by atoms with Crippen LogP contribution < -0.4 is 5.32 Å². The second-order valence-electron chi connectivity index (χ2n) is 7.08. The number of amides is 2. The summed E-state index contributed by atoms with van der Waals surface area (Å²) in [5, 5.41) is 1.77. The maximum absolute atomic E-state index is 12.5. The van der Waals surface area contributed by atoms with Gasteiger partial charge in [0.15, 0.2) is 0 Å². The first-order valence-electron chi connectivity index (χ1n) is 8.69. The molecule has 1 aromatic rings. The largest absolute Gasteiger partial charge is 0.460 e. The van der Waals surface area contributed by atoms with E-state index in [1.165, 1.54) is 11.8 Å². The molecule has 0 bridgehead atoms. The van der Waals surface area contributed by atoms with Crippen molar-refractivity contribution in [2.24, 2.45) is 0 Å². The zero-order valence-electron chi connectivity index (χ0n) is 15.2. The first-order valence-corrected chi connectivity index (χ1v) is 11.6. The van der Waals surface area contributed by atoms with Crippen molar-refractivity contribution in [2.45, 2.75) is 38.1 Å². The first-order chi connectivity index (χ1) is 13.5. The SMILES string of the molecule is CC1(Br)CN2C(=O)C(NC(=O)Cc3ccccc3)[C@H]2SC1C(=O)OCC(Cl)(Cl)Cl. The van der Waals surface area contributed by atoms with Crippen molar-refractivity contribution < 1.29 is 19.1 Å². The third-order valence-corrected chi connectivity index (χ3v) is 7.69. The molecule has 0 aromatic heterocycles. The van der Waals surface area contributed by atoms with E-state index in [2.05, 4.69) is 21.2 Å². The van der Waals surface area contributed by atoms with E-state index in [-0.39, 0.29) is 30.2 Å². The number of rotatable bonds is 5. The molecule has 2 amide bonds. The molecule has 2 fully saturated rings. The van der Waals surface area contributed by atoms with Gasteiger partial charge in [-0.1, -0.05) is 81.1 Å². The lowest BCUT2D eigenvalue weighted by atomic mass is 9.99. The molecular formula is C18H18BrCl3N2O4S. The van der Waals surface area contributed by atoms with Crippen LogP contribution in [0.3, 0.4) is 0 Å². The maximum atomic E-state index is 12.5. The predicted molar refractivity (Wildman–Crippen MR) is 118 cm³/mol. The van der Waals surface area contributed by atoms with Crippen LogP contribution in [0.4, 0.5) is 0 Å². The van der Waals surface area contributed by atoms with E-state index in [4.69, 9.17) is 39.5 Å². The Labute approximate surface area is 196 Å². The Bertz CT molecular complexity index is 806. The third kappa shape index (κ3) is 5.53. The quantitative estimate of drug-likeness (QED) is 0.350. The van der Waals surface area contributed by atoms with Gasteiger partial charge in [0.05, 0.1) is 10.7 Å². The highest BCUT2D eigenvalue weighted by molar-refractivity contribution is 9.10. The van der Waals surface area contributed by atoms with Gasteiger partial charge in [-0.25, -0.2) is 0 Å². The van der Waals surface area contributed by atoms with E-state index in [9.17, 15) is 14.4 Å². The molecule has 6 nitrogen and oxygen atoms in total. The lowest BCUT2D eigenvalue weighted by molar-refractivity contribution is -0.151. The monoisotopic (exact) mass is 542 g/mol. The fourth-order valence-electron chi connectivity index (χ4n) is 3.21. The number of ether oxygens (including phenoxy) is 1. The standard InChI is InChI=1S/C18H18BrCl3N2O4S/c1-17(19)8-24-14(26)12(23-11(25)7-10-5-3-2-4-6-10)15(24)29-13(17)16(27)28-9-18(20,21)22/h2-6,12-13,15H,7-9H2,1H3,(H,23,25)/t12?,13?,15-,17?/m1/s1. The molecule has 11 heteroatoms. The minimum Gasteiger partial charge on any atom is -0.460 e. The number of esters is 1. The van der Waals surface area contributed by atoms with E-state index < -0.39 is 25.4 Å². The highest BCUT2D eigenvalue weighted by atomic mass is 79.9. The number of β-lactam (4-membered cyclic amide) rings is 1. The average Bonchev–Trinajstić information content (AvgIpc) is 2.64. The van der Waals surface area contributed by atoms with Crippen LogP contribution in [0.15, 0.2) is 30.3 Å². The zero-order chi connectivity index (χ0) is 21.4. The van der Waals surface area contributed by atoms with Crippen LogP contribution in [-0.2, 0) is 25.5 Å². The van der Waals surface area contributed by atoms with E-state index in [0.717, 1.165) is 5.56 Å². The van der Waals surface area contributed by atoms with Gasteiger partial charge < -0.3 is 15.0 Å². The molecule has 1 aromatic carbocycles. The number of carbonyl (C=O) groups excluding carboxylic acids is 3. The Morgan fingerprint density at radius 2 is 2.00 bits per heavy atom. The van der Waals surface area contributed by atoms with Crippen LogP contribution in [-0.4, -0.2) is 60.6 Å². The molecule has 0 saturated carbocycles. The number of nitrogens with one attached hydrogen (secondary N) is 1. The normalized spacial score (nSPS) is 28.9. The number of thioether (sulfide) groups is 1. The summed E-state index contributed by atoms with van der Waals surface area (Å²) in [6, 6.07) is 8.56. The number of fused-ring (bicyclic) bond motifs is 1. The minimum absolute atomic E-state index is 0.173. The minimum atomic E-state index is -1.70. The van der Waals surface area contributed by atoms with Crippen LogP contribution in [0.2, 0.25) is 0 Å². The molecule has 2 saturated heterocycles. The molecule has 3 unspecified atom stereocenters. The second-order valence-corrected chi connectivity index (χ2v) is 12.6. The van der Waals surface area contributed by atoms with E-state index in [1.54, 1.807) is 11.8 Å². The summed E-state index contributed by atoms with van der Waals surface area (Å²) in [6.07, 6.45) is 0.173. The summed E-state index contributed by atoms with van der Waals surface area (Å²) in [7, 11) is 0. The van der Waals surface area contributed by atoms with Crippen molar-refractivity contribution in [1.82, 2.24) is 10.2 Å². The van der Waals surface area contributed by atoms with E-state index in [1.807, 2.05) is 30.3 Å². The summed E-state index contributed by atoms with van der Waals surface area (Å²) < 4.78 is 2.72. The molecule has 29 heavy (non-hydrogen) atoms. The first kappa shape index (κ1) is 23.0.